The number of carbonyl (C=O) groups is 2. The first-order valence-electron chi connectivity index (χ1n) is 6.21. The molecule has 1 aromatic heterocycles. The third-order valence-electron chi connectivity index (χ3n) is 2.87. The van der Waals surface area contributed by atoms with Gasteiger partial charge in [0.15, 0.2) is 6.10 Å². The molecule has 0 aliphatic carbocycles. The van der Waals surface area contributed by atoms with Crippen molar-refractivity contribution < 1.29 is 19.1 Å². The van der Waals surface area contributed by atoms with E-state index in [0.717, 1.165) is 5.56 Å². The van der Waals surface area contributed by atoms with Gasteiger partial charge in [-0.25, -0.2) is 4.79 Å². The summed E-state index contributed by atoms with van der Waals surface area (Å²) in [5, 5.41) is 0. The number of benzene rings is 1. The Morgan fingerprint density at radius 2 is 1.90 bits per heavy atom. The van der Waals surface area contributed by atoms with Gasteiger partial charge in [-0.1, -0.05) is 30.3 Å². The lowest BCUT2D eigenvalue weighted by Gasteiger charge is -2.17. The molecule has 0 amide bonds. The molecule has 1 unspecified atom stereocenters. The Labute approximate surface area is 130 Å². The lowest BCUT2D eigenvalue weighted by molar-refractivity contribution is -0.144. The van der Waals surface area contributed by atoms with Crippen LogP contribution in [-0.4, -0.2) is 24.0 Å². The largest absolute Gasteiger partial charge is 0.464 e. The number of aromatic amines is 1. The second-order valence-corrected chi connectivity index (χ2v) is 5.14. The molecule has 0 saturated heterocycles. The van der Waals surface area contributed by atoms with Crippen molar-refractivity contribution in [3.05, 3.63) is 57.8 Å². The first kappa shape index (κ1) is 15.3. The van der Waals surface area contributed by atoms with E-state index in [4.69, 9.17) is 4.74 Å². The van der Waals surface area contributed by atoms with Crippen molar-refractivity contribution in [2.24, 2.45) is 0 Å². The number of halogens is 1. The third-order valence-corrected chi connectivity index (χ3v) is 3.53. The predicted molar refractivity (Wildman–Crippen MR) is 79.9 cm³/mol. The van der Waals surface area contributed by atoms with Crippen LogP contribution < -0.4 is 0 Å². The average molecular weight is 352 g/mol. The maximum Gasteiger partial charge on any atom is 0.354 e. The molecule has 0 bridgehead atoms. The smallest absolute Gasteiger partial charge is 0.354 e. The van der Waals surface area contributed by atoms with E-state index in [2.05, 4.69) is 25.7 Å². The molecule has 110 valence electrons. The number of rotatable bonds is 4. The Balaban J connectivity index is 2.44. The van der Waals surface area contributed by atoms with Crippen LogP contribution in [0.1, 0.15) is 34.6 Å². The standard InChI is InChI=1S/C15H14BrNO4/c1-9(18)21-13(10-6-4-3-5-7-10)11-8-12(15(19)20-2)17-14(11)16/h3-8,13,17H,1-2H3. The summed E-state index contributed by atoms with van der Waals surface area (Å²) >= 11 is 3.35. The SMILES string of the molecule is COC(=O)c1cc(C(OC(C)=O)c2ccccc2)c(Br)[nH]1. The second-order valence-electron chi connectivity index (χ2n) is 4.34. The molecule has 1 aromatic carbocycles. The van der Waals surface area contributed by atoms with Gasteiger partial charge in [0.05, 0.1) is 11.7 Å². The molecular formula is C15H14BrNO4. The minimum absolute atomic E-state index is 0.285. The summed E-state index contributed by atoms with van der Waals surface area (Å²) in [5.41, 5.74) is 1.74. The molecule has 0 saturated carbocycles. The summed E-state index contributed by atoms with van der Waals surface area (Å²) < 4.78 is 10.6. The van der Waals surface area contributed by atoms with Crippen LogP contribution in [0.3, 0.4) is 0 Å². The van der Waals surface area contributed by atoms with Crippen LogP contribution in [0.25, 0.3) is 0 Å². The van der Waals surface area contributed by atoms with Crippen molar-refractivity contribution in [2.45, 2.75) is 13.0 Å². The molecule has 0 radical (unpaired) electrons. The molecule has 0 aliphatic rings. The summed E-state index contributed by atoms with van der Waals surface area (Å²) in [6, 6.07) is 10.9. The summed E-state index contributed by atoms with van der Waals surface area (Å²) in [6.45, 7) is 1.34. The van der Waals surface area contributed by atoms with Gasteiger partial charge < -0.3 is 14.5 Å². The highest BCUT2D eigenvalue weighted by Gasteiger charge is 2.23. The van der Waals surface area contributed by atoms with Crippen LogP contribution in [0.15, 0.2) is 41.0 Å². The van der Waals surface area contributed by atoms with E-state index in [9.17, 15) is 9.59 Å². The van der Waals surface area contributed by atoms with Crippen LogP contribution in [0.2, 0.25) is 0 Å². The molecule has 1 heterocycles. The lowest BCUT2D eigenvalue weighted by Crippen LogP contribution is -2.10. The predicted octanol–water partition coefficient (Wildman–Crippen LogP) is 3.22. The number of esters is 2. The van der Waals surface area contributed by atoms with E-state index in [0.29, 0.717) is 10.2 Å². The highest BCUT2D eigenvalue weighted by Crippen LogP contribution is 2.32. The van der Waals surface area contributed by atoms with Gasteiger partial charge in [-0.05, 0) is 27.6 Å². The lowest BCUT2D eigenvalue weighted by atomic mass is 10.0. The highest BCUT2D eigenvalue weighted by atomic mass is 79.9. The summed E-state index contributed by atoms with van der Waals surface area (Å²) in [4.78, 5) is 25.8. The number of nitrogens with one attached hydrogen (secondary N) is 1. The van der Waals surface area contributed by atoms with Crippen molar-refractivity contribution in [3.8, 4) is 0 Å². The molecule has 6 heteroatoms. The normalized spacial score (nSPS) is 11.8. The minimum Gasteiger partial charge on any atom is -0.464 e. The van der Waals surface area contributed by atoms with Gasteiger partial charge in [0.25, 0.3) is 0 Å². The first-order valence-corrected chi connectivity index (χ1v) is 7.01. The van der Waals surface area contributed by atoms with Crippen molar-refractivity contribution in [1.29, 1.82) is 0 Å². The summed E-state index contributed by atoms with van der Waals surface area (Å²) in [7, 11) is 1.30. The monoisotopic (exact) mass is 351 g/mol. The first-order chi connectivity index (χ1) is 10.0. The number of hydrogen-bond donors (Lipinski definition) is 1. The fraction of sp³-hybridized carbons (Fsp3) is 0.200. The fourth-order valence-corrected chi connectivity index (χ4v) is 2.50. The number of methoxy groups -OCH3 is 1. The van der Waals surface area contributed by atoms with Crippen LogP contribution >= 0.6 is 15.9 Å². The second kappa shape index (κ2) is 6.58. The van der Waals surface area contributed by atoms with Gasteiger partial charge in [0.2, 0.25) is 0 Å². The van der Waals surface area contributed by atoms with Crippen molar-refractivity contribution in [3.63, 3.8) is 0 Å². The van der Waals surface area contributed by atoms with Gasteiger partial charge in [-0.2, -0.15) is 0 Å². The topological polar surface area (TPSA) is 68.4 Å². The quantitative estimate of drug-likeness (QED) is 0.858. The van der Waals surface area contributed by atoms with Crippen molar-refractivity contribution in [1.82, 2.24) is 4.98 Å². The zero-order valence-corrected chi connectivity index (χ0v) is 13.1. The van der Waals surface area contributed by atoms with Crippen molar-refractivity contribution in [2.75, 3.05) is 7.11 Å². The van der Waals surface area contributed by atoms with E-state index in [1.165, 1.54) is 14.0 Å². The number of hydrogen-bond acceptors (Lipinski definition) is 4. The summed E-state index contributed by atoms with van der Waals surface area (Å²) in [5.74, 6) is -0.895. The maximum atomic E-state index is 11.6. The zero-order chi connectivity index (χ0) is 15.4. The van der Waals surface area contributed by atoms with Gasteiger partial charge in [0.1, 0.15) is 5.69 Å². The van der Waals surface area contributed by atoms with Crippen LogP contribution in [0.4, 0.5) is 0 Å². The molecule has 0 spiro atoms. The van der Waals surface area contributed by atoms with Gasteiger partial charge in [-0.3, -0.25) is 4.79 Å². The zero-order valence-electron chi connectivity index (χ0n) is 11.6. The molecule has 2 rings (SSSR count). The van der Waals surface area contributed by atoms with Gasteiger partial charge in [-0.15, -0.1) is 0 Å². The van der Waals surface area contributed by atoms with E-state index >= 15 is 0 Å². The number of H-pyrrole nitrogens is 1. The number of aromatic nitrogens is 1. The maximum absolute atomic E-state index is 11.6. The Hall–Kier alpha value is -2.08. The van der Waals surface area contributed by atoms with Crippen molar-refractivity contribution >= 4 is 27.9 Å². The molecule has 0 aliphatic heterocycles. The molecular weight excluding hydrogens is 338 g/mol. The van der Waals surface area contributed by atoms with Gasteiger partial charge >= 0.3 is 11.9 Å². The van der Waals surface area contributed by atoms with Crippen LogP contribution in [-0.2, 0) is 14.3 Å². The van der Waals surface area contributed by atoms with E-state index in [-0.39, 0.29) is 5.69 Å². The molecule has 5 nitrogen and oxygen atoms in total. The summed E-state index contributed by atoms with van der Waals surface area (Å²) in [6.07, 6.45) is -0.604. The highest BCUT2D eigenvalue weighted by molar-refractivity contribution is 9.10. The van der Waals surface area contributed by atoms with Gasteiger partial charge in [0, 0.05) is 12.5 Å². The molecule has 0 fully saturated rings. The van der Waals surface area contributed by atoms with Crippen LogP contribution in [0, 0.1) is 0 Å². The van der Waals surface area contributed by atoms with Crippen LogP contribution in [0.5, 0.6) is 0 Å². The average Bonchev–Trinajstić information content (AvgIpc) is 2.86. The van der Waals surface area contributed by atoms with E-state index in [1.54, 1.807) is 6.07 Å². The van der Waals surface area contributed by atoms with E-state index < -0.39 is 18.0 Å². The third kappa shape index (κ3) is 3.52. The molecule has 21 heavy (non-hydrogen) atoms. The Bertz CT molecular complexity index is 651. The number of carbonyl (C=O) groups excluding carboxylic acids is 2. The Kier molecular flexibility index (Phi) is 4.80. The Morgan fingerprint density at radius 1 is 1.24 bits per heavy atom. The molecule has 1 N–H and O–H groups in total. The molecule has 2 aromatic rings. The fourth-order valence-electron chi connectivity index (χ4n) is 1.96. The van der Waals surface area contributed by atoms with E-state index in [1.807, 2.05) is 30.3 Å². The Morgan fingerprint density at radius 3 is 2.48 bits per heavy atom. The molecule has 1 atom stereocenters. The minimum atomic E-state index is -0.604. The number of ether oxygens (including phenoxy) is 2.